The van der Waals surface area contributed by atoms with Crippen molar-refractivity contribution >= 4 is 28.4 Å². The molecule has 1 fully saturated rings. The molecule has 0 atom stereocenters. The Bertz CT molecular complexity index is 1350. The Hall–Kier alpha value is -3.89. The summed E-state index contributed by atoms with van der Waals surface area (Å²) in [7, 11) is 0. The topological polar surface area (TPSA) is 73.1 Å². The number of ether oxygens (including phenoxy) is 1. The normalized spacial score (nSPS) is 13.4. The highest BCUT2D eigenvalue weighted by atomic mass is 35.5. The van der Waals surface area contributed by atoms with Crippen molar-refractivity contribution in [3.8, 4) is 34.6 Å². The number of halogens is 1. The summed E-state index contributed by atoms with van der Waals surface area (Å²) in [5, 5.41) is 6.25. The van der Waals surface area contributed by atoms with E-state index in [-0.39, 0.29) is 11.9 Å². The number of hydrogen-bond acceptors (Lipinski definition) is 5. The molecule has 32 heavy (non-hydrogen) atoms. The molecule has 5 rings (SSSR count). The van der Waals surface area contributed by atoms with E-state index in [0.717, 1.165) is 27.9 Å². The molecule has 0 radical (unpaired) electrons. The van der Waals surface area contributed by atoms with Gasteiger partial charge in [-0.2, -0.15) is 5.10 Å². The Kier molecular flexibility index (Phi) is 5.21. The van der Waals surface area contributed by atoms with Gasteiger partial charge in [0.1, 0.15) is 17.2 Å². The number of aromatic nitrogens is 4. The summed E-state index contributed by atoms with van der Waals surface area (Å²) in [5.74, 6) is 6.49. The monoisotopic (exact) mass is 443 g/mol. The molecule has 1 amide bonds. The lowest BCUT2D eigenvalue weighted by Crippen LogP contribution is -2.50. The van der Waals surface area contributed by atoms with Crippen LogP contribution in [0.4, 0.5) is 0 Å². The number of nitrogens with zero attached hydrogens (tertiary/aromatic N) is 5. The van der Waals surface area contributed by atoms with E-state index in [4.69, 9.17) is 21.4 Å². The van der Waals surface area contributed by atoms with Gasteiger partial charge in [0, 0.05) is 48.8 Å². The van der Waals surface area contributed by atoms with Crippen LogP contribution in [0.2, 0.25) is 5.02 Å². The van der Waals surface area contributed by atoms with E-state index < -0.39 is 0 Å². The fourth-order valence-electron chi connectivity index (χ4n) is 3.71. The molecule has 0 unspecified atom stereocenters. The minimum Gasteiger partial charge on any atom is -0.457 e. The van der Waals surface area contributed by atoms with Crippen molar-refractivity contribution in [2.75, 3.05) is 13.1 Å². The molecule has 4 aromatic rings. The Morgan fingerprint density at radius 3 is 2.50 bits per heavy atom. The minimum atomic E-state index is -0.169. The first-order valence-corrected chi connectivity index (χ1v) is 10.4. The summed E-state index contributed by atoms with van der Waals surface area (Å²) < 4.78 is 7.75. The summed E-state index contributed by atoms with van der Waals surface area (Å²) in [6.45, 7) is 2.74. The number of likely N-dealkylation sites (tertiary alicyclic amines) is 1. The van der Waals surface area contributed by atoms with Crippen molar-refractivity contribution in [1.29, 1.82) is 0 Å². The molecule has 8 heteroatoms. The first kappa shape index (κ1) is 20.0. The first-order chi connectivity index (χ1) is 15.6. The zero-order chi connectivity index (χ0) is 22.1. The van der Waals surface area contributed by atoms with Crippen LogP contribution in [0.5, 0.6) is 11.5 Å². The van der Waals surface area contributed by atoms with Crippen molar-refractivity contribution in [3.05, 3.63) is 66.2 Å². The molecule has 1 aromatic carbocycles. The van der Waals surface area contributed by atoms with Gasteiger partial charge in [-0.3, -0.25) is 19.4 Å². The number of benzene rings is 1. The lowest BCUT2D eigenvalue weighted by molar-refractivity contribution is -0.130. The van der Waals surface area contributed by atoms with Gasteiger partial charge in [-0.05, 0) is 49.2 Å². The predicted molar refractivity (Wildman–Crippen MR) is 121 cm³/mol. The Morgan fingerprint density at radius 1 is 1.06 bits per heavy atom. The number of carbonyl (C=O) groups excluding carboxylic acids is 1. The lowest BCUT2D eigenvalue weighted by atomic mass is 10.1. The maximum absolute atomic E-state index is 12.0. The second kappa shape index (κ2) is 8.33. The van der Waals surface area contributed by atoms with Crippen LogP contribution in [0.15, 0.2) is 61.2 Å². The molecule has 0 aliphatic carbocycles. The number of pyridine rings is 2. The molecule has 0 bridgehead atoms. The molecule has 4 heterocycles. The van der Waals surface area contributed by atoms with E-state index in [1.807, 2.05) is 28.9 Å². The highest BCUT2D eigenvalue weighted by Crippen LogP contribution is 2.36. The summed E-state index contributed by atoms with van der Waals surface area (Å²) >= 11 is 6.50. The molecule has 1 aliphatic rings. The maximum atomic E-state index is 12.0. The van der Waals surface area contributed by atoms with Crippen molar-refractivity contribution in [3.63, 3.8) is 0 Å². The fourth-order valence-corrected chi connectivity index (χ4v) is 3.95. The van der Waals surface area contributed by atoms with E-state index in [2.05, 4.69) is 21.8 Å². The van der Waals surface area contributed by atoms with Crippen LogP contribution in [0.25, 0.3) is 22.2 Å². The SMILES string of the molecule is CC#CC(=O)N1CC(n2nc(-c3ccc(Oc4ccncc4)cc3)c3cncc(Cl)c32)C1. The average molecular weight is 444 g/mol. The van der Waals surface area contributed by atoms with E-state index >= 15 is 0 Å². The Morgan fingerprint density at radius 2 is 1.78 bits per heavy atom. The third-order valence-electron chi connectivity index (χ3n) is 5.31. The van der Waals surface area contributed by atoms with Gasteiger partial charge in [-0.25, -0.2) is 0 Å². The molecule has 7 nitrogen and oxygen atoms in total. The van der Waals surface area contributed by atoms with Crippen LogP contribution in [0, 0.1) is 11.8 Å². The van der Waals surface area contributed by atoms with E-state index in [0.29, 0.717) is 23.9 Å². The molecular weight excluding hydrogens is 426 g/mol. The third-order valence-corrected chi connectivity index (χ3v) is 5.58. The fraction of sp³-hybridized carbons (Fsp3) is 0.167. The van der Waals surface area contributed by atoms with Crippen LogP contribution < -0.4 is 4.74 Å². The molecule has 0 spiro atoms. The summed E-state index contributed by atoms with van der Waals surface area (Å²) in [6, 6.07) is 11.3. The van der Waals surface area contributed by atoms with Crippen LogP contribution >= 0.6 is 11.6 Å². The molecule has 1 aliphatic heterocycles. The van der Waals surface area contributed by atoms with Gasteiger partial charge in [0.05, 0.1) is 16.6 Å². The Labute approximate surface area is 189 Å². The van der Waals surface area contributed by atoms with Crippen molar-refractivity contribution in [1.82, 2.24) is 24.6 Å². The number of carbonyl (C=O) groups is 1. The summed E-state index contributed by atoms with van der Waals surface area (Å²) in [6.07, 6.45) is 6.75. The number of amides is 1. The maximum Gasteiger partial charge on any atom is 0.298 e. The summed E-state index contributed by atoms with van der Waals surface area (Å²) in [5.41, 5.74) is 2.51. The van der Waals surface area contributed by atoms with Crippen LogP contribution in [-0.4, -0.2) is 43.6 Å². The van der Waals surface area contributed by atoms with Gasteiger partial charge >= 0.3 is 0 Å². The largest absolute Gasteiger partial charge is 0.457 e. The lowest BCUT2D eigenvalue weighted by Gasteiger charge is -2.38. The van der Waals surface area contributed by atoms with E-state index in [1.165, 1.54) is 0 Å². The smallest absolute Gasteiger partial charge is 0.298 e. The number of hydrogen-bond donors (Lipinski definition) is 0. The Balaban J connectivity index is 1.45. The van der Waals surface area contributed by atoms with Crippen LogP contribution in [-0.2, 0) is 4.79 Å². The van der Waals surface area contributed by atoms with Gasteiger partial charge in [0.15, 0.2) is 0 Å². The predicted octanol–water partition coefficient (Wildman–Crippen LogP) is 4.35. The zero-order valence-corrected chi connectivity index (χ0v) is 18.0. The number of fused-ring (bicyclic) bond motifs is 1. The van der Waals surface area contributed by atoms with Crippen molar-refractivity contribution in [2.24, 2.45) is 0 Å². The molecule has 0 N–H and O–H groups in total. The molecule has 0 saturated carbocycles. The third kappa shape index (κ3) is 3.66. The van der Waals surface area contributed by atoms with Gasteiger partial charge in [-0.1, -0.05) is 17.5 Å². The summed E-state index contributed by atoms with van der Waals surface area (Å²) in [4.78, 5) is 21.9. The molecular formula is C24H18ClN5O2. The highest BCUT2D eigenvalue weighted by molar-refractivity contribution is 6.35. The van der Waals surface area contributed by atoms with Gasteiger partial charge < -0.3 is 9.64 Å². The first-order valence-electron chi connectivity index (χ1n) is 10.1. The zero-order valence-electron chi connectivity index (χ0n) is 17.2. The van der Waals surface area contributed by atoms with Crippen molar-refractivity contribution in [2.45, 2.75) is 13.0 Å². The second-order valence-corrected chi connectivity index (χ2v) is 7.77. The molecule has 158 valence electrons. The van der Waals surface area contributed by atoms with Crippen molar-refractivity contribution < 1.29 is 9.53 Å². The molecule has 3 aromatic heterocycles. The van der Waals surface area contributed by atoms with E-state index in [9.17, 15) is 4.79 Å². The number of rotatable bonds is 4. The minimum absolute atomic E-state index is 0.0306. The highest BCUT2D eigenvalue weighted by Gasteiger charge is 2.34. The van der Waals surface area contributed by atoms with Gasteiger partial charge in [-0.15, -0.1) is 0 Å². The second-order valence-electron chi connectivity index (χ2n) is 7.36. The van der Waals surface area contributed by atoms with Gasteiger partial charge in [0.2, 0.25) is 0 Å². The quantitative estimate of drug-likeness (QED) is 0.438. The standard InChI is InChI=1S/C24H18ClN5O2/c1-2-3-22(31)29-14-17(15-29)30-24-20(12-27-13-21(24)25)23(28-30)16-4-6-18(7-5-16)32-19-8-10-26-11-9-19/h4-13,17H,14-15H2,1H3. The van der Waals surface area contributed by atoms with Crippen LogP contribution in [0.1, 0.15) is 13.0 Å². The average Bonchev–Trinajstić information content (AvgIpc) is 3.15. The molecule has 1 saturated heterocycles. The van der Waals surface area contributed by atoms with E-state index in [1.54, 1.807) is 48.7 Å². The van der Waals surface area contributed by atoms with Gasteiger partial charge in [0.25, 0.3) is 5.91 Å². The van der Waals surface area contributed by atoms with Crippen LogP contribution in [0.3, 0.4) is 0 Å².